The highest BCUT2D eigenvalue weighted by molar-refractivity contribution is 8.26. The van der Waals surface area contributed by atoms with Crippen molar-refractivity contribution >= 4 is 46.2 Å². The van der Waals surface area contributed by atoms with Gasteiger partial charge in [-0.15, -0.1) is 0 Å². The summed E-state index contributed by atoms with van der Waals surface area (Å²) in [6, 6.07) is 12.0. The van der Waals surface area contributed by atoms with Crippen LogP contribution in [0.25, 0.3) is 6.08 Å². The Morgan fingerprint density at radius 2 is 1.88 bits per heavy atom. The number of thiocarbonyl (C=S) groups is 1. The summed E-state index contributed by atoms with van der Waals surface area (Å²) in [4.78, 5) is 25.8. The second kappa shape index (κ2) is 11.0. The fraction of sp³-hybridized carbons (Fsp3) is 0.261. The molecule has 1 aliphatic heterocycles. The topological polar surface area (TPSA) is 77.1 Å². The highest BCUT2D eigenvalue weighted by atomic mass is 32.2. The molecule has 9 heteroatoms. The molecule has 0 saturated carbocycles. The molecule has 1 heterocycles. The van der Waals surface area contributed by atoms with Crippen LogP contribution in [0.5, 0.6) is 17.2 Å². The minimum atomic E-state index is -0.443. The SMILES string of the molecule is CCCOc1ccc(/C=C2\SC(=S)N(NC(=O)c3ccc(OC)cc3)C2=O)cc1OCC. The van der Waals surface area contributed by atoms with Gasteiger partial charge in [0.2, 0.25) is 0 Å². The summed E-state index contributed by atoms with van der Waals surface area (Å²) in [5, 5.41) is 1.08. The first-order valence-electron chi connectivity index (χ1n) is 10.1. The summed E-state index contributed by atoms with van der Waals surface area (Å²) < 4.78 is 16.7. The number of thioether (sulfide) groups is 1. The number of hydrogen-bond donors (Lipinski definition) is 1. The van der Waals surface area contributed by atoms with E-state index >= 15 is 0 Å². The maximum Gasteiger partial charge on any atom is 0.285 e. The molecule has 1 fully saturated rings. The standard InChI is InChI=1S/C23H24N2O5S2/c1-4-12-30-18-11-6-15(13-19(18)29-5-2)14-20-22(27)25(23(31)32-20)24-21(26)16-7-9-17(28-3)10-8-16/h6-11,13-14H,4-5,12H2,1-3H3,(H,24,26)/b20-14-. The summed E-state index contributed by atoms with van der Waals surface area (Å²) in [5.41, 5.74) is 3.71. The van der Waals surface area contributed by atoms with Crippen molar-refractivity contribution in [2.24, 2.45) is 0 Å². The van der Waals surface area contributed by atoms with E-state index in [4.69, 9.17) is 26.4 Å². The predicted octanol–water partition coefficient (Wildman–Crippen LogP) is 4.43. The fourth-order valence-corrected chi connectivity index (χ4v) is 4.02. The molecule has 3 rings (SSSR count). The van der Waals surface area contributed by atoms with Crippen molar-refractivity contribution in [1.82, 2.24) is 10.4 Å². The maximum absolute atomic E-state index is 12.9. The van der Waals surface area contributed by atoms with E-state index in [1.807, 2.05) is 32.0 Å². The number of carbonyl (C=O) groups is 2. The highest BCUT2D eigenvalue weighted by Gasteiger charge is 2.33. The summed E-state index contributed by atoms with van der Waals surface area (Å²) >= 11 is 6.42. The molecule has 1 aliphatic rings. The number of amides is 2. The van der Waals surface area contributed by atoms with Gasteiger partial charge in [-0.2, -0.15) is 5.01 Å². The normalized spacial score (nSPS) is 14.6. The van der Waals surface area contributed by atoms with Crippen molar-refractivity contribution in [2.45, 2.75) is 20.3 Å². The van der Waals surface area contributed by atoms with Gasteiger partial charge in [0.25, 0.3) is 11.8 Å². The number of benzene rings is 2. The van der Waals surface area contributed by atoms with Crippen molar-refractivity contribution in [3.8, 4) is 17.2 Å². The van der Waals surface area contributed by atoms with Crippen LogP contribution in [0.3, 0.4) is 0 Å². The van der Waals surface area contributed by atoms with Crippen LogP contribution in [0.2, 0.25) is 0 Å². The van der Waals surface area contributed by atoms with E-state index in [0.29, 0.717) is 40.9 Å². The van der Waals surface area contributed by atoms with Crippen LogP contribution in [0.15, 0.2) is 47.4 Å². The summed E-state index contributed by atoms with van der Waals surface area (Å²) in [7, 11) is 1.55. The van der Waals surface area contributed by atoms with Crippen LogP contribution in [0, 0.1) is 0 Å². The number of ether oxygens (including phenoxy) is 3. The molecule has 0 spiro atoms. The van der Waals surface area contributed by atoms with Gasteiger partial charge in [-0.1, -0.05) is 24.8 Å². The first kappa shape index (κ1) is 23.6. The first-order valence-corrected chi connectivity index (χ1v) is 11.3. The molecule has 0 aliphatic carbocycles. The van der Waals surface area contributed by atoms with Crippen LogP contribution in [-0.2, 0) is 4.79 Å². The number of hydrazine groups is 1. The van der Waals surface area contributed by atoms with Crippen molar-refractivity contribution in [2.75, 3.05) is 20.3 Å². The number of hydrogen-bond acceptors (Lipinski definition) is 7. The Morgan fingerprint density at radius 1 is 1.12 bits per heavy atom. The molecule has 1 N–H and O–H groups in total. The zero-order valence-corrected chi connectivity index (χ0v) is 19.7. The van der Waals surface area contributed by atoms with Crippen LogP contribution >= 0.6 is 24.0 Å². The van der Waals surface area contributed by atoms with Crippen LogP contribution in [0.1, 0.15) is 36.2 Å². The van der Waals surface area contributed by atoms with Gasteiger partial charge in [-0.25, -0.2) is 0 Å². The zero-order chi connectivity index (χ0) is 23.1. The molecule has 168 valence electrons. The van der Waals surface area contributed by atoms with Gasteiger partial charge in [0, 0.05) is 5.56 Å². The Hall–Kier alpha value is -3.04. The van der Waals surface area contributed by atoms with E-state index in [0.717, 1.165) is 28.8 Å². The van der Waals surface area contributed by atoms with E-state index in [1.54, 1.807) is 37.5 Å². The molecule has 32 heavy (non-hydrogen) atoms. The second-order valence-electron chi connectivity index (χ2n) is 6.67. The molecule has 2 aromatic rings. The van der Waals surface area contributed by atoms with E-state index in [-0.39, 0.29) is 4.32 Å². The molecular weight excluding hydrogens is 448 g/mol. The lowest BCUT2D eigenvalue weighted by atomic mass is 10.2. The lowest BCUT2D eigenvalue weighted by Gasteiger charge is -2.15. The summed E-state index contributed by atoms with van der Waals surface area (Å²) in [6.45, 7) is 5.01. The number of nitrogens with zero attached hydrogens (tertiary/aromatic N) is 1. The lowest BCUT2D eigenvalue weighted by Crippen LogP contribution is -2.44. The molecule has 0 aromatic heterocycles. The third kappa shape index (κ3) is 5.60. The molecule has 7 nitrogen and oxygen atoms in total. The van der Waals surface area contributed by atoms with Crippen molar-refractivity contribution < 1.29 is 23.8 Å². The van der Waals surface area contributed by atoms with Gasteiger partial charge >= 0.3 is 0 Å². The third-order valence-corrected chi connectivity index (χ3v) is 5.69. The van der Waals surface area contributed by atoms with E-state index in [2.05, 4.69) is 5.43 Å². The summed E-state index contributed by atoms with van der Waals surface area (Å²) in [5.74, 6) is 1.06. The average molecular weight is 473 g/mol. The number of carbonyl (C=O) groups excluding carboxylic acids is 2. The zero-order valence-electron chi connectivity index (χ0n) is 18.0. The maximum atomic E-state index is 12.9. The molecule has 0 atom stereocenters. The van der Waals surface area contributed by atoms with Gasteiger partial charge in [-0.05, 0) is 73.6 Å². The largest absolute Gasteiger partial charge is 0.497 e. The smallest absolute Gasteiger partial charge is 0.285 e. The highest BCUT2D eigenvalue weighted by Crippen LogP contribution is 2.34. The minimum absolute atomic E-state index is 0.246. The quantitative estimate of drug-likeness (QED) is 0.427. The number of rotatable bonds is 9. The van der Waals surface area contributed by atoms with E-state index in [1.165, 1.54) is 0 Å². The average Bonchev–Trinajstić information content (AvgIpc) is 3.06. The Bertz CT molecular complexity index is 1040. The first-order chi connectivity index (χ1) is 15.5. The van der Waals surface area contributed by atoms with E-state index in [9.17, 15) is 9.59 Å². The third-order valence-electron chi connectivity index (χ3n) is 4.39. The van der Waals surface area contributed by atoms with Gasteiger partial charge in [0.05, 0.1) is 25.2 Å². The Kier molecular flexibility index (Phi) is 8.13. The number of methoxy groups -OCH3 is 1. The van der Waals surface area contributed by atoms with Crippen molar-refractivity contribution in [3.63, 3.8) is 0 Å². The molecule has 1 saturated heterocycles. The lowest BCUT2D eigenvalue weighted by molar-refractivity contribution is -0.123. The Balaban J connectivity index is 1.75. The second-order valence-corrected chi connectivity index (χ2v) is 8.35. The molecule has 2 aromatic carbocycles. The van der Waals surface area contributed by atoms with Crippen LogP contribution < -0.4 is 19.6 Å². The van der Waals surface area contributed by atoms with Gasteiger partial charge in [-0.3, -0.25) is 15.0 Å². The molecule has 0 unspecified atom stereocenters. The monoisotopic (exact) mass is 472 g/mol. The Morgan fingerprint density at radius 3 is 2.53 bits per heavy atom. The van der Waals surface area contributed by atoms with Crippen molar-refractivity contribution in [1.29, 1.82) is 0 Å². The van der Waals surface area contributed by atoms with Crippen LogP contribution in [0.4, 0.5) is 0 Å². The van der Waals surface area contributed by atoms with Gasteiger partial charge in [0.15, 0.2) is 15.8 Å². The van der Waals surface area contributed by atoms with Gasteiger partial charge < -0.3 is 14.2 Å². The van der Waals surface area contributed by atoms with E-state index < -0.39 is 11.8 Å². The van der Waals surface area contributed by atoms with Crippen LogP contribution in [-0.4, -0.2) is 41.5 Å². The van der Waals surface area contributed by atoms with Crippen molar-refractivity contribution in [3.05, 3.63) is 58.5 Å². The predicted molar refractivity (Wildman–Crippen MR) is 129 cm³/mol. The fourth-order valence-electron chi connectivity index (χ4n) is 2.84. The van der Waals surface area contributed by atoms with Gasteiger partial charge in [0.1, 0.15) is 5.75 Å². The summed E-state index contributed by atoms with van der Waals surface area (Å²) in [6.07, 6.45) is 2.60. The Labute approximate surface area is 196 Å². The number of nitrogens with one attached hydrogen (secondary N) is 1. The molecule has 2 amide bonds. The molecular formula is C23H24N2O5S2. The molecule has 0 radical (unpaired) electrons. The molecule has 0 bridgehead atoms. The minimum Gasteiger partial charge on any atom is -0.497 e.